The van der Waals surface area contributed by atoms with Crippen LogP contribution in [0.15, 0.2) is 291 Å². The third kappa shape index (κ3) is 22.8. The summed E-state index contributed by atoms with van der Waals surface area (Å²) in [6, 6.07) is 110. The van der Waals surface area contributed by atoms with Gasteiger partial charge in [-0.2, -0.15) is 0 Å². The van der Waals surface area contributed by atoms with Gasteiger partial charge in [-0.15, -0.1) is 0 Å². The second kappa shape index (κ2) is 36.1. The topological polar surface area (TPSA) is 0 Å². The summed E-state index contributed by atoms with van der Waals surface area (Å²) in [6.45, 7) is 55.5. The van der Waals surface area contributed by atoms with Crippen LogP contribution >= 0.6 is 0 Å². The predicted molar refractivity (Wildman–Crippen MR) is 537 cm³/mol. The molecule has 0 aliphatic carbocycles. The molecule has 0 heteroatoms. The average Bonchev–Trinajstić information content (AvgIpc) is 0.709. The fraction of sp³-hybridized carbons (Fsp3) is 0.273. The van der Waals surface area contributed by atoms with Gasteiger partial charge in [0.15, 0.2) is 0 Å². The highest BCUT2D eigenvalue weighted by Gasteiger charge is 2.48. The minimum atomic E-state index is -1.21. The van der Waals surface area contributed by atoms with Crippen molar-refractivity contribution in [3.05, 3.63) is 425 Å². The fourth-order valence-electron chi connectivity index (χ4n) is 15.7. The van der Waals surface area contributed by atoms with E-state index in [9.17, 15) is 0 Å². The SMILES string of the molecule is CC(C)(C)c1cc(C=Cc2ccc(C=C(c3ccccc3)C(C(=Cc3ccc(C=Cc4cc(C(C)(C)C)cc(C(C)(C)C)c4)cc3)c3ccccc3)(C(=Cc3ccc(C=Cc4cc(C(C)(C)C)cc(C(C)(C)C)c4)cc3)c3ccccc3)C(=Cc3ccc(C=Cc4cc(C(C)(C)C)cc(C(C)(C)C)c4)cc3)c3ccccc3)cc2)cc(C(C)(C)C)c1. The first-order valence-corrected chi connectivity index (χ1v) is 43.8. The first kappa shape index (κ1) is 88.8. The van der Waals surface area contributed by atoms with Crippen LogP contribution in [0.1, 0.15) is 300 Å². The second-order valence-electron chi connectivity index (χ2n) is 41.8. The molecule has 0 aliphatic rings. The summed E-state index contributed by atoms with van der Waals surface area (Å²) in [5.74, 6) is 0. The summed E-state index contributed by atoms with van der Waals surface area (Å²) in [6.07, 6.45) is 28.3. The molecule has 12 aromatic rings. The van der Waals surface area contributed by atoms with Gasteiger partial charge in [0.05, 0.1) is 5.41 Å². The third-order valence-corrected chi connectivity index (χ3v) is 23.6. The van der Waals surface area contributed by atoms with Gasteiger partial charge in [0.25, 0.3) is 0 Å². The Morgan fingerprint density at radius 3 is 0.421 bits per heavy atom. The van der Waals surface area contributed by atoms with E-state index >= 15 is 0 Å². The van der Waals surface area contributed by atoms with Crippen molar-refractivity contribution in [3.8, 4) is 0 Å². The van der Waals surface area contributed by atoms with E-state index in [0.29, 0.717) is 0 Å². The van der Waals surface area contributed by atoms with Gasteiger partial charge in [-0.25, -0.2) is 0 Å². The van der Waals surface area contributed by atoms with Gasteiger partial charge >= 0.3 is 0 Å². The van der Waals surface area contributed by atoms with Crippen LogP contribution in [0.5, 0.6) is 0 Å². The van der Waals surface area contributed by atoms with Crippen LogP contribution in [0.25, 0.3) is 95.2 Å². The molecule has 0 bridgehead atoms. The van der Waals surface area contributed by atoms with Crippen LogP contribution in [-0.2, 0) is 43.3 Å². The molecule has 616 valence electrons. The van der Waals surface area contributed by atoms with Gasteiger partial charge in [0, 0.05) is 0 Å². The van der Waals surface area contributed by atoms with Gasteiger partial charge in [-0.3, -0.25) is 0 Å². The first-order valence-electron chi connectivity index (χ1n) is 43.8. The highest BCUT2D eigenvalue weighted by Crippen LogP contribution is 2.64. The van der Waals surface area contributed by atoms with Gasteiger partial charge in [-0.1, -0.05) is 506 Å². The maximum absolute atomic E-state index is 2.50. The highest BCUT2D eigenvalue weighted by atomic mass is 14.5. The molecular weight excluding hydrogens is 1450 g/mol. The van der Waals surface area contributed by atoms with E-state index in [1.54, 1.807) is 0 Å². The van der Waals surface area contributed by atoms with Crippen LogP contribution in [0.4, 0.5) is 0 Å². The lowest BCUT2D eigenvalue weighted by Gasteiger charge is -2.45. The molecule has 12 aromatic carbocycles. The molecule has 121 heavy (non-hydrogen) atoms. The summed E-state index contributed by atoms with van der Waals surface area (Å²) >= 11 is 0. The molecule has 0 heterocycles. The molecule has 0 radical (unpaired) electrons. The van der Waals surface area contributed by atoms with E-state index in [1.807, 2.05) is 0 Å². The summed E-state index contributed by atoms with van der Waals surface area (Å²) in [5, 5.41) is 0. The Morgan fingerprint density at radius 1 is 0.149 bits per heavy atom. The molecular formula is C121H132. The normalized spacial score (nSPS) is 14.1. The Morgan fingerprint density at radius 2 is 0.281 bits per heavy atom. The number of rotatable bonds is 20. The monoisotopic (exact) mass is 1590 g/mol. The Balaban J connectivity index is 1.17. The van der Waals surface area contributed by atoms with E-state index in [4.69, 9.17) is 0 Å². The molecule has 0 fully saturated rings. The number of allylic oxidation sites excluding steroid dienone is 4. The molecule has 0 saturated carbocycles. The number of hydrogen-bond donors (Lipinski definition) is 0. The molecule has 0 aliphatic heterocycles. The van der Waals surface area contributed by atoms with Gasteiger partial charge in [-0.05, 0) is 223 Å². The van der Waals surface area contributed by atoms with Crippen molar-refractivity contribution in [2.24, 2.45) is 5.41 Å². The molecule has 0 aromatic heterocycles. The largest absolute Gasteiger partial charge is 0.0725 e. The zero-order valence-corrected chi connectivity index (χ0v) is 77.1. The summed E-state index contributed by atoms with van der Waals surface area (Å²) in [5.41, 5.74) is 31.6. The zero-order chi connectivity index (χ0) is 87.1. The van der Waals surface area contributed by atoms with Gasteiger partial charge in [0.2, 0.25) is 0 Å². The molecule has 12 rings (SSSR count). The minimum absolute atomic E-state index is 0.0117. The van der Waals surface area contributed by atoms with Crippen LogP contribution < -0.4 is 0 Å². The quantitative estimate of drug-likeness (QED) is 0.0667. The molecule has 0 amide bonds. The number of benzene rings is 12. The van der Waals surface area contributed by atoms with E-state index in [2.05, 4.69) is 530 Å². The molecule has 0 atom stereocenters. The Hall–Kier alpha value is -11.4. The molecule has 0 unspecified atom stereocenters. The summed E-state index contributed by atoms with van der Waals surface area (Å²) in [4.78, 5) is 0. The van der Waals surface area contributed by atoms with E-state index in [1.165, 1.54) is 66.8 Å². The summed E-state index contributed by atoms with van der Waals surface area (Å²) in [7, 11) is 0. The Bertz CT molecular complexity index is 4950. The highest BCUT2D eigenvalue weighted by molar-refractivity contribution is 6.21. The molecule has 0 nitrogen and oxygen atoms in total. The minimum Gasteiger partial charge on any atom is -0.0622 e. The lowest BCUT2D eigenvalue weighted by Crippen LogP contribution is -2.29. The number of hydrogen-bond acceptors (Lipinski definition) is 0. The van der Waals surface area contributed by atoms with Crippen LogP contribution in [-0.4, -0.2) is 0 Å². The van der Waals surface area contributed by atoms with E-state index in [-0.39, 0.29) is 43.3 Å². The first-order chi connectivity index (χ1) is 56.9. The standard InChI is InChI=1S/C121H132/c1-113(2,3)101-69-93(70-102(81-101)114(4,5)6)65-53-85-45-57-89(58-46-85)77-109(97-37-29-25-30-38-97)121(110(98-39-31-26-32-40-98)78-90-59-47-86(48-60-90)54-66-94-71-103(115(7,8)9)82-104(72-94)116(10,11)12,111(99-41-33-27-34-42-99)79-91-61-49-87(50-62-91)55-67-95-73-105(117(13,14)15)83-106(74-95)118(16,17)18)112(100-43-35-28-36-44-100)80-92-63-51-88(52-64-92)56-68-96-75-107(119(19,20)21)84-108(76-96)120(22,23)24/h25-84H,1-24H3. The Kier molecular flexibility index (Phi) is 26.5. The summed E-state index contributed by atoms with van der Waals surface area (Å²) < 4.78 is 0. The van der Waals surface area contributed by atoms with E-state index < -0.39 is 5.41 Å². The van der Waals surface area contributed by atoms with Crippen molar-refractivity contribution in [1.29, 1.82) is 0 Å². The van der Waals surface area contributed by atoms with Crippen LogP contribution in [0, 0.1) is 5.41 Å². The van der Waals surface area contributed by atoms with Crippen molar-refractivity contribution in [3.63, 3.8) is 0 Å². The van der Waals surface area contributed by atoms with Crippen LogP contribution in [0.2, 0.25) is 0 Å². The fourth-order valence-corrected chi connectivity index (χ4v) is 15.7. The average molecular weight is 1590 g/mol. The van der Waals surface area contributed by atoms with Crippen molar-refractivity contribution in [2.45, 2.75) is 209 Å². The maximum atomic E-state index is 2.50. The maximum Gasteiger partial charge on any atom is 0.0725 e. The third-order valence-electron chi connectivity index (χ3n) is 23.6. The van der Waals surface area contributed by atoms with Gasteiger partial charge in [0.1, 0.15) is 0 Å². The second-order valence-corrected chi connectivity index (χ2v) is 41.8. The van der Waals surface area contributed by atoms with E-state index in [0.717, 1.165) is 89.1 Å². The smallest absolute Gasteiger partial charge is 0.0622 e. The Labute approximate surface area is 729 Å². The van der Waals surface area contributed by atoms with Crippen molar-refractivity contribution < 1.29 is 0 Å². The van der Waals surface area contributed by atoms with Crippen LogP contribution in [0.3, 0.4) is 0 Å². The van der Waals surface area contributed by atoms with Crippen molar-refractivity contribution >= 4 is 95.2 Å². The molecule has 0 saturated heterocycles. The zero-order valence-electron chi connectivity index (χ0n) is 77.1. The van der Waals surface area contributed by atoms with Gasteiger partial charge < -0.3 is 0 Å². The lowest BCUT2D eigenvalue weighted by atomic mass is 9.56. The predicted octanol–water partition coefficient (Wildman–Crippen LogP) is 34.0. The molecule has 0 spiro atoms. The lowest BCUT2D eigenvalue weighted by molar-refractivity contribution is 0.568. The van der Waals surface area contributed by atoms with Crippen molar-refractivity contribution in [1.82, 2.24) is 0 Å². The molecule has 0 N–H and O–H groups in total. The van der Waals surface area contributed by atoms with Crippen molar-refractivity contribution in [2.75, 3.05) is 0 Å².